The minimum atomic E-state index is -4.73. The minimum absolute atomic E-state index is 0.194. The quantitative estimate of drug-likeness (QED) is 0.126. The van der Waals surface area contributed by atoms with Gasteiger partial charge in [0.2, 0.25) is 0 Å². The summed E-state index contributed by atoms with van der Waals surface area (Å²) >= 11 is 3.53. The van der Waals surface area contributed by atoms with Crippen LogP contribution in [0.2, 0.25) is 0 Å². The molecule has 2 heterocycles. The number of hydrogen-bond donors (Lipinski definition) is 2. The van der Waals surface area contributed by atoms with Crippen LogP contribution in [0.1, 0.15) is 44.5 Å². The van der Waals surface area contributed by atoms with Crippen molar-refractivity contribution in [3.05, 3.63) is 195 Å². The van der Waals surface area contributed by atoms with Crippen LogP contribution in [-0.4, -0.2) is 75.6 Å². The summed E-state index contributed by atoms with van der Waals surface area (Å²) in [4.78, 5) is 3.45. The molecule has 6 nitrogen and oxygen atoms in total. The molecule has 0 spiro atoms. The fourth-order valence-electron chi connectivity index (χ4n) is 9.37. The van der Waals surface area contributed by atoms with Crippen LogP contribution in [0.3, 0.4) is 0 Å². The maximum absolute atomic E-state index is 13.2. The summed E-state index contributed by atoms with van der Waals surface area (Å²) in [5, 5.41) is 19.6. The smallest absolute Gasteiger partial charge is 0.382 e. The van der Waals surface area contributed by atoms with Crippen molar-refractivity contribution in [2.24, 2.45) is 0 Å². The maximum Gasteiger partial charge on any atom is 0.416 e. The number of fused-ring (bicyclic) bond motifs is 2. The highest BCUT2D eigenvalue weighted by molar-refractivity contribution is 9.10. The van der Waals surface area contributed by atoms with E-state index in [1.807, 2.05) is 123 Å². The van der Waals surface area contributed by atoms with E-state index >= 15 is 0 Å². The fraction of sp³-hybridized carbons (Fsp3) is 0.294. The third-order valence-electron chi connectivity index (χ3n) is 12.4. The van der Waals surface area contributed by atoms with E-state index in [9.17, 15) is 45.0 Å². The molecule has 2 aliphatic rings. The number of alkyl halides is 6. The number of β-amino-alcohol motifs (C(OH)–C–C–N with tert-alkyl or cyclic N) is 2. The van der Waals surface area contributed by atoms with E-state index in [4.69, 9.17) is 0 Å². The second kappa shape index (κ2) is 18.6. The molecule has 8 rings (SSSR count). The highest BCUT2D eigenvalue weighted by Gasteiger charge is 2.49. The van der Waals surface area contributed by atoms with Crippen molar-refractivity contribution < 1.29 is 45.0 Å². The lowest BCUT2D eigenvalue weighted by Gasteiger charge is -2.33. The van der Waals surface area contributed by atoms with Crippen molar-refractivity contribution in [1.29, 1.82) is 0 Å². The lowest BCUT2D eigenvalue weighted by atomic mass is 9.71. The Hall–Kier alpha value is -5.15. The van der Waals surface area contributed by atoms with Crippen molar-refractivity contribution in [3.63, 3.8) is 0 Å². The van der Waals surface area contributed by atoms with E-state index in [-0.39, 0.29) is 11.4 Å². The number of hydrogen-bond acceptors (Lipinski definition) is 6. The number of anilines is 2. The Morgan fingerprint density at radius 1 is 0.585 bits per heavy atom. The largest absolute Gasteiger partial charge is 0.416 e. The zero-order valence-corrected chi connectivity index (χ0v) is 38.3. The number of halogens is 7. The van der Waals surface area contributed by atoms with Gasteiger partial charge in [-0.15, -0.1) is 0 Å². The zero-order valence-electron chi connectivity index (χ0n) is 35.9. The minimum Gasteiger partial charge on any atom is -0.382 e. The highest BCUT2D eigenvalue weighted by atomic mass is 79.9. The Kier molecular flexibility index (Phi) is 13.7. The summed E-state index contributed by atoms with van der Waals surface area (Å²) < 4.78 is 104. The summed E-state index contributed by atoms with van der Waals surface area (Å²) in [7, 11) is -3.42. The van der Waals surface area contributed by atoms with Gasteiger partial charge >= 0.3 is 12.4 Å². The molecule has 2 aliphatic heterocycles. The van der Waals surface area contributed by atoms with Crippen LogP contribution in [0, 0.1) is 13.8 Å². The second-order valence-corrected chi connectivity index (χ2v) is 20.1. The zero-order chi connectivity index (χ0) is 47.0. The Morgan fingerprint density at radius 3 is 1.42 bits per heavy atom. The molecule has 14 heteroatoms. The van der Waals surface area contributed by atoms with Gasteiger partial charge in [-0.25, -0.2) is 8.42 Å². The maximum atomic E-state index is 13.2. The molecule has 0 bridgehead atoms. The second-order valence-electron chi connectivity index (χ2n) is 17.2. The molecule has 0 radical (unpaired) electrons. The molecule has 0 fully saturated rings. The van der Waals surface area contributed by atoms with E-state index in [0.717, 1.165) is 60.9 Å². The van der Waals surface area contributed by atoms with E-state index in [2.05, 4.69) is 22.0 Å². The van der Waals surface area contributed by atoms with Crippen LogP contribution < -0.4 is 9.80 Å². The van der Waals surface area contributed by atoms with E-state index < -0.39 is 58.3 Å². The van der Waals surface area contributed by atoms with Crippen LogP contribution in [-0.2, 0) is 33.5 Å². The van der Waals surface area contributed by atoms with Crippen LogP contribution in [0.15, 0.2) is 155 Å². The standard InChI is InChI=1S/C26H26F3NO3S.C25H23BrF3NO/c1-18-7-5-9-20(13-18)25(15-19-8-6-10-21(14-19)34(2,32)33)17-30(16-24(31)26(27,28)29)23-12-4-3-11-22(23)25;1-17-6-4-8-19(12-17)24(14-18-7-5-9-20(26)13-18)16-30(15-23(31)25(27,28)29)22-11-3-2-10-21(22)24/h3-14,24,31H,15-17H2,1-2H3;2-13,23,31H,14-16H2,1H3/t24-,25?;23-,24?/m11/s1. The van der Waals surface area contributed by atoms with Crippen molar-refractivity contribution in [2.75, 3.05) is 42.2 Å². The molecule has 0 aromatic heterocycles. The van der Waals surface area contributed by atoms with Gasteiger partial charge in [-0.1, -0.05) is 136 Å². The first kappa shape index (κ1) is 47.8. The third kappa shape index (κ3) is 10.5. The SMILES string of the molecule is Cc1cccc(C2(Cc3cccc(Br)c3)CN(C[C@@H](O)C(F)(F)F)c3ccccc32)c1.Cc1cccc(C2(Cc3cccc(S(C)(=O)=O)c3)CN(C[C@@H](O)C(F)(F)F)c3ccccc32)c1. The summed E-state index contributed by atoms with van der Waals surface area (Å²) in [6, 6.07) is 45.6. The van der Waals surface area contributed by atoms with Gasteiger partial charge < -0.3 is 20.0 Å². The Balaban J connectivity index is 0.000000195. The van der Waals surface area contributed by atoms with Crippen LogP contribution in [0.4, 0.5) is 37.7 Å². The lowest BCUT2D eigenvalue weighted by molar-refractivity contribution is -0.200. The van der Waals surface area contributed by atoms with Crippen molar-refractivity contribution >= 4 is 37.1 Å². The van der Waals surface area contributed by atoms with Crippen molar-refractivity contribution in [2.45, 2.75) is 67.0 Å². The molecule has 2 N–H and O–H groups in total. The van der Waals surface area contributed by atoms with Gasteiger partial charge in [0.25, 0.3) is 0 Å². The Labute approximate surface area is 384 Å². The summed E-state index contributed by atoms with van der Waals surface area (Å²) in [5.41, 5.74) is 7.87. The van der Waals surface area contributed by atoms with Crippen molar-refractivity contribution in [1.82, 2.24) is 0 Å². The first-order chi connectivity index (χ1) is 30.6. The number of rotatable bonds is 11. The molecule has 4 atom stereocenters. The van der Waals surface area contributed by atoms with Crippen LogP contribution >= 0.6 is 15.9 Å². The monoisotopic (exact) mass is 978 g/mol. The van der Waals surface area contributed by atoms with Crippen molar-refractivity contribution in [3.8, 4) is 0 Å². The van der Waals surface area contributed by atoms with Gasteiger partial charge in [0.15, 0.2) is 22.0 Å². The predicted molar refractivity (Wildman–Crippen MR) is 246 cm³/mol. The van der Waals surface area contributed by atoms with Gasteiger partial charge in [-0.05, 0) is 96.5 Å². The summed E-state index contributed by atoms with van der Waals surface area (Å²) in [6.07, 6.45) is -12.1. The molecule has 0 saturated carbocycles. The number of aliphatic hydroxyl groups is 2. The number of para-hydroxylation sites is 2. The number of sulfone groups is 1. The molecule has 342 valence electrons. The molecule has 0 amide bonds. The number of aliphatic hydroxyl groups excluding tert-OH is 2. The molecule has 65 heavy (non-hydrogen) atoms. The molecular formula is C51H49BrF6N2O4S. The number of benzene rings is 6. The van der Waals surface area contributed by atoms with Gasteiger partial charge in [0.05, 0.1) is 18.0 Å². The first-order valence-corrected chi connectivity index (χ1v) is 23.6. The van der Waals surface area contributed by atoms with Gasteiger partial charge in [0, 0.05) is 46.0 Å². The Bertz CT molecular complexity index is 2770. The third-order valence-corrected chi connectivity index (χ3v) is 14.0. The number of aryl methyl sites for hydroxylation is 2. The molecular weight excluding hydrogens is 931 g/mol. The normalized spacial score (nSPS) is 19.3. The first-order valence-electron chi connectivity index (χ1n) is 21.0. The lowest BCUT2D eigenvalue weighted by Crippen LogP contribution is -2.44. The highest BCUT2D eigenvalue weighted by Crippen LogP contribution is 2.49. The summed E-state index contributed by atoms with van der Waals surface area (Å²) in [5.74, 6) is 0. The van der Waals surface area contributed by atoms with E-state index in [0.29, 0.717) is 25.1 Å². The van der Waals surface area contributed by atoms with Gasteiger partial charge in [-0.2, -0.15) is 26.3 Å². The predicted octanol–water partition coefficient (Wildman–Crippen LogP) is 10.7. The topological polar surface area (TPSA) is 81.1 Å². The molecule has 0 aliphatic carbocycles. The van der Waals surface area contributed by atoms with Gasteiger partial charge in [-0.3, -0.25) is 0 Å². The molecule has 6 aromatic rings. The fourth-order valence-corrected chi connectivity index (χ4v) is 10.5. The van der Waals surface area contributed by atoms with Crippen LogP contribution in [0.5, 0.6) is 0 Å². The van der Waals surface area contributed by atoms with Crippen LogP contribution in [0.25, 0.3) is 0 Å². The Morgan fingerprint density at radius 2 is 1.00 bits per heavy atom. The van der Waals surface area contributed by atoms with E-state index in [1.54, 1.807) is 34.1 Å². The molecule has 0 saturated heterocycles. The number of nitrogens with zero attached hydrogens (tertiary/aromatic N) is 2. The van der Waals surface area contributed by atoms with Gasteiger partial charge in [0.1, 0.15) is 0 Å². The average Bonchev–Trinajstić information content (AvgIpc) is 3.73. The average molecular weight is 980 g/mol. The molecule has 6 aromatic carbocycles. The van der Waals surface area contributed by atoms with E-state index in [1.165, 1.54) is 6.07 Å². The molecule has 2 unspecified atom stereocenters. The summed E-state index contributed by atoms with van der Waals surface area (Å²) in [6.45, 7) is 3.46.